The van der Waals surface area contributed by atoms with Gasteiger partial charge in [0.25, 0.3) is 0 Å². The zero-order valence-corrected chi connectivity index (χ0v) is 12.7. The van der Waals surface area contributed by atoms with E-state index in [1.807, 2.05) is 0 Å². The predicted octanol–water partition coefficient (Wildman–Crippen LogP) is 4.04. The van der Waals surface area contributed by atoms with E-state index in [0.717, 1.165) is 18.9 Å². The number of hydrogen-bond acceptors (Lipinski definition) is 2. The molecule has 0 bridgehead atoms. The lowest BCUT2D eigenvalue weighted by molar-refractivity contribution is -0.141. The van der Waals surface area contributed by atoms with E-state index in [9.17, 15) is 18.3 Å². The molecule has 0 aliphatic heterocycles. The van der Waals surface area contributed by atoms with Crippen LogP contribution in [0.2, 0.25) is 0 Å². The maximum absolute atomic E-state index is 12.6. The van der Waals surface area contributed by atoms with Crippen molar-refractivity contribution in [3.8, 4) is 0 Å². The Kier molecular flexibility index (Phi) is 4.38. The molecule has 2 rings (SSSR count). The Morgan fingerprint density at radius 2 is 2.00 bits per heavy atom. The zero-order chi connectivity index (χ0) is 15.8. The number of aromatic nitrogens is 2. The highest BCUT2D eigenvalue weighted by molar-refractivity contribution is 5.05. The Hall–Kier alpha value is -1.04. The van der Waals surface area contributed by atoms with E-state index in [1.54, 1.807) is 0 Å². The van der Waals surface area contributed by atoms with Crippen molar-refractivity contribution < 1.29 is 18.3 Å². The van der Waals surface area contributed by atoms with Crippen molar-refractivity contribution in [3.63, 3.8) is 0 Å². The van der Waals surface area contributed by atoms with E-state index in [-0.39, 0.29) is 11.5 Å². The van der Waals surface area contributed by atoms with Crippen LogP contribution in [0.1, 0.15) is 58.2 Å². The Morgan fingerprint density at radius 1 is 1.33 bits per heavy atom. The summed E-state index contributed by atoms with van der Waals surface area (Å²) in [6.07, 6.45) is -0.541. The van der Waals surface area contributed by atoms with Crippen LogP contribution in [0.4, 0.5) is 13.2 Å². The van der Waals surface area contributed by atoms with Gasteiger partial charge in [0.05, 0.1) is 12.1 Å². The summed E-state index contributed by atoms with van der Waals surface area (Å²) in [5.41, 5.74) is -0.773. The van der Waals surface area contributed by atoms with Gasteiger partial charge in [-0.15, -0.1) is 0 Å². The first-order valence-electron chi connectivity index (χ1n) is 7.45. The molecule has 0 saturated heterocycles. The first-order valence-corrected chi connectivity index (χ1v) is 7.45. The summed E-state index contributed by atoms with van der Waals surface area (Å²) < 4.78 is 39.2. The molecule has 0 spiro atoms. The van der Waals surface area contributed by atoms with Crippen molar-refractivity contribution in [2.24, 2.45) is 11.3 Å². The molecule has 0 radical (unpaired) electrons. The number of hydrogen-bond donors (Lipinski definition) is 1. The van der Waals surface area contributed by atoms with Crippen LogP contribution in [0.15, 0.2) is 12.3 Å². The molecule has 21 heavy (non-hydrogen) atoms. The number of aliphatic hydroxyl groups excluding tert-OH is 1. The van der Waals surface area contributed by atoms with Gasteiger partial charge >= 0.3 is 6.18 Å². The Balaban J connectivity index is 2.19. The van der Waals surface area contributed by atoms with Crippen LogP contribution in [0.25, 0.3) is 0 Å². The van der Waals surface area contributed by atoms with E-state index in [4.69, 9.17) is 0 Å². The summed E-state index contributed by atoms with van der Waals surface area (Å²) in [5.74, 6) is 0.384. The summed E-state index contributed by atoms with van der Waals surface area (Å²) in [4.78, 5) is 0. The highest BCUT2D eigenvalue weighted by Gasteiger charge is 2.39. The molecule has 0 amide bonds. The van der Waals surface area contributed by atoms with E-state index < -0.39 is 18.0 Å². The minimum atomic E-state index is -4.44. The van der Waals surface area contributed by atoms with Gasteiger partial charge in [-0.2, -0.15) is 18.3 Å². The van der Waals surface area contributed by atoms with Crippen LogP contribution in [0, 0.1) is 11.3 Å². The van der Waals surface area contributed by atoms with Crippen LogP contribution in [-0.2, 0) is 6.18 Å². The lowest BCUT2D eigenvalue weighted by atomic mass is 9.68. The van der Waals surface area contributed by atoms with E-state index in [0.29, 0.717) is 18.8 Å². The first kappa shape index (κ1) is 16.3. The summed E-state index contributed by atoms with van der Waals surface area (Å²) in [7, 11) is 0. The van der Waals surface area contributed by atoms with Crippen LogP contribution in [-0.4, -0.2) is 21.0 Å². The highest BCUT2D eigenvalue weighted by atomic mass is 19.4. The van der Waals surface area contributed by atoms with Crippen molar-refractivity contribution in [2.75, 3.05) is 0 Å². The first-order chi connectivity index (χ1) is 9.65. The molecule has 120 valence electrons. The second-order valence-corrected chi connectivity index (χ2v) is 6.67. The number of halogens is 3. The largest absolute Gasteiger partial charge is 0.435 e. The van der Waals surface area contributed by atoms with Crippen LogP contribution < -0.4 is 0 Å². The lowest BCUT2D eigenvalue weighted by Gasteiger charge is -2.41. The molecule has 1 fully saturated rings. The molecule has 3 unspecified atom stereocenters. The summed E-state index contributed by atoms with van der Waals surface area (Å²) in [6, 6.07) is 0.604. The highest BCUT2D eigenvalue weighted by Crippen LogP contribution is 2.44. The van der Waals surface area contributed by atoms with Crippen LogP contribution in [0.5, 0.6) is 0 Å². The SMILES string of the molecule is CCC(C)(C)C1CCC(O)C(n2ccc(C(F)(F)F)n2)C1. The molecule has 1 aromatic rings. The summed E-state index contributed by atoms with van der Waals surface area (Å²) in [6.45, 7) is 6.48. The normalized spacial score (nSPS) is 27.9. The number of nitrogens with zero attached hydrogens (tertiary/aromatic N) is 2. The third-order valence-corrected chi connectivity index (χ3v) is 5.04. The molecular weight excluding hydrogens is 281 g/mol. The Bertz CT molecular complexity index is 482. The molecule has 1 aromatic heterocycles. The Labute approximate surface area is 123 Å². The molecule has 1 aliphatic rings. The van der Waals surface area contributed by atoms with Crippen molar-refractivity contribution in [1.82, 2.24) is 9.78 Å². The molecule has 0 aromatic carbocycles. The average molecular weight is 304 g/mol. The quantitative estimate of drug-likeness (QED) is 0.915. The summed E-state index contributed by atoms with van der Waals surface area (Å²) >= 11 is 0. The maximum atomic E-state index is 12.6. The van der Waals surface area contributed by atoms with Crippen LogP contribution >= 0.6 is 0 Å². The van der Waals surface area contributed by atoms with E-state index in [1.165, 1.54) is 10.9 Å². The third-order valence-electron chi connectivity index (χ3n) is 5.04. The van der Waals surface area contributed by atoms with Gasteiger partial charge in [0.15, 0.2) is 5.69 Å². The molecule has 1 saturated carbocycles. The van der Waals surface area contributed by atoms with E-state index >= 15 is 0 Å². The minimum Gasteiger partial charge on any atom is -0.391 e. The molecule has 1 N–H and O–H groups in total. The molecule has 3 nitrogen and oxygen atoms in total. The van der Waals surface area contributed by atoms with Crippen LogP contribution in [0.3, 0.4) is 0 Å². The third kappa shape index (κ3) is 3.42. The summed E-state index contributed by atoms with van der Waals surface area (Å²) in [5, 5.41) is 13.8. The Morgan fingerprint density at radius 3 is 2.52 bits per heavy atom. The fraction of sp³-hybridized carbons (Fsp3) is 0.800. The van der Waals surface area contributed by atoms with Gasteiger partial charge in [0.2, 0.25) is 0 Å². The fourth-order valence-corrected chi connectivity index (χ4v) is 3.09. The fourth-order valence-electron chi connectivity index (χ4n) is 3.09. The van der Waals surface area contributed by atoms with Crippen molar-refractivity contribution in [3.05, 3.63) is 18.0 Å². The number of alkyl halides is 3. The van der Waals surface area contributed by atoms with Crippen molar-refractivity contribution in [1.29, 1.82) is 0 Å². The maximum Gasteiger partial charge on any atom is 0.435 e. The lowest BCUT2D eigenvalue weighted by Crippen LogP contribution is -2.37. The van der Waals surface area contributed by atoms with Gasteiger partial charge in [-0.25, -0.2) is 0 Å². The topological polar surface area (TPSA) is 38.0 Å². The second-order valence-electron chi connectivity index (χ2n) is 6.67. The molecule has 1 aliphatic carbocycles. The smallest absolute Gasteiger partial charge is 0.391 e. The van der Waals surface area contributed by atoms with Gasteiger partial charge in [0, 0.05) is 6.20 Å². The van der Waals surface area contributed by atoms with Gasteiger partial charge in [-0.05, 0) is 36.7 Å². The van der Waals surface area contributed by atoms with Gasteiger partial charge in [-0.1, -0.05) is 27.2 Å². The zero-order valence-electron chi connectivity index (χ0n) is 12.7. The molecular formula is C15H23F3N2O. The average Bonchev–Trinajstić information content (AvgIpc) is 2.88. The number of aliphatic hydroxyl groups is 1. The van der Waals surface area contributed by atoms with Gasteiger partial charge in [0.1, 0.15) is 0 Å². The van der Waals surface area contributed by atoms with Gasteiger partial charge in [-0.3, -0.25) is 4.68 Å². The molecule has 1 heterocycles. The predicted molar refractivity (Wildman–Crippen MR) is 73.7 cm³/mol. The standard InChI is InChI=1S/C15H23F3N2O/c1-4-14(2,3)10-5-6-12(21)11(9-10)20-8-7-13(19-20)15(16,17)18/h7-8,10-12,21H,4-6,9H2,1-3H3. The number of rotatable bonds is 3. The monoisotopic (exact) mass is 304 g/mol. The van der Waals surface area contributed by atoms with Gasteiger partial charge < -0.3 is 5.11 Å². The minimum absolute atomic E-state index is 0.123. The van der Waals surface area contributed by atoms with Crippen molar-refractivity contribution >= 4 is 0 Å². The molecule has 3 atom stereocenters. The molecule has 6 heteroatoms. The second kappa shape index (κ2) is 5.63. The van der Waals surface area contributed by atoms with Crippen molar-refractivity contribution in [2.45, 2.75) is 64.8 Å². The van der Waals surface area contributed by atoms with E-state index in [2.05, 4.69) is 25.9 Å².